The van der Waals surface area contributed by atoms with Gasteiger partial charge < -0.3 is 10.2 Å². The average Bonchev–Trinajstić information content (AvgIpc) is 2.84. The summed E-state index contributed by atoms with van der Waals surface area (Å²) in [6.45, 7) is 4.01. The van der Waals surface area contributed by atoms with Gasteiger partial charge in [-0.05, 0) is 49.2 Å². The van der Waals surface area contributed by atoms with Crippen molar-refractivity contribution in [2.45, 2.75) is 44.6 Å². The van der Waals surface area contributed by atoms with Gasteiger partial charge in [-0.2, -0.15) is 0 Å². The zero-order valence-electron chi connectivity index (χ0n) is 20.2. The lowest BCUT2D eigenvalue weighted by molar-refractivity contribution is -0.139. The summed E-state index contributed by atoms with van der Waals surface area (Å²) >= 11 is 13.5. The molecule has 2 amide bonds. The molecule has 0 aromatic heterocycles. The highest BCUT2D eigenvalue weighted by Crippen LogP contribution is 2.25. The fourth-order valence-electron chi connectivity index (χ4n) is 3.71. The Kier molecular flexibility index (Phi) is 10.7. The smallest absolute Gasteiger partial charge is 0.243 e. The van der Waals surface area contributed by atoms with Crippen LogP contribution in [0.15, 0.2) is 72.8 Å². The number of hydrogen-bond acceptors (Lipinski definition) is 3. The van der Waals surface area contributed by atoms with Gasteiger partial charge in [-0.15, -0.1) is 11.8 Å². The van der Waals surface area contributed by atoms with Crippen molar-refractivity contribution in [1.29, 1.82) is 0 Å². The first-order valence-corrected chi connectivity index (χ1v) is 13.5. The zero-order valence-corrected chi connectivity index (χ0v) is 22.5. The number of amides is 2. The molecule has 1 unspecified atom stereocenters. The third-order valence-corrected chi connectivity index (χ3v) is 7.05. The van der Waals surface area contributed by atoms with E-state index >= 15 is 0 Å². The van der Waals surface area contributed by atoms with Crippen molar-refractivity contribution in [2.75, 3.05) is 5.75 Å². The summed E-state index contributed by atoms with van der Waals surface area (Å²) in [5, 5.41) is 3.88. The Morgan fingerprint density at radius 3 is 2.28 bits per heavy atom. The Morgan fingerprint density at radius 2 is 1.64 bits per heavy atom. The molecular formula is C28H29Cl2FN2O2S. The van der Waals surface area contributed by atoms with Crippen LogP contribution in [0.1, 0.15) is 30.5 Å². The lowest BCUT2D eigenvalue weighted by Gasteiger charge is -2.32. The summed E-state index contributed by atoms with van der Waals surface area (Å²) in [5.41, 5.74) is 2.16. The van der Waals surface area contributed by atoms with Crippen LogP contribution in [0.5, 0.6) is 0 Å². The molecule has 0 radical (unpaired) electrons. The van der Waals surface area contributed by atoms with Crippen molar-refractivity contribution >= 4 is 46.8 Å². The molecule has 0 bridgehead atoms. The van der Waals surface area contributed by atoms with E-state index in [1.54, 1.807) is 29.2 Å². The van der Waals surface area contributed by atoms with Crippen molar-refractivity contribution in [3.8, 4) is 0 Å². The predicted molar refractivity (Wildman–Crippen MR) is 147 cm³/mol. The van der Waals surface area contributed by atoms with Gasteiger partial charge in [0.1, 0.15) is 11.9 Å². The number of benzene rings is 3. The van der Waals surface area contributed by atoms with E-state index in [1.807, 2.05) is 56.3 Å². The van der Waals surface area contributed by atoms with E-state index in [4.69, 9.17) is 23.2 Å². The number of nitrogens with one attached hydrogen (secondary N) is 1. The van der Waals surface area contributed by atoms with Gasteiger partial charge in [0.05, 0.1) is 5.75 Å². The van der Waals surface area contributed by atoms with Gasteiger partial charge in [0.2, 0.25) is 11.8 Å². The van der Waals surface area contributed by atoms with E-state index in [0.717, 1.165) is 11.1 Å². The molecule has 0 fully saturated rings. The van der Waals surface area contributed by atoms with Gasteiger partial charge >= 0.3 is 0 Å². The van der Waals surface area contributed by atoms with Crippen molar-refractivity contribution in [1.82, 2.24) is 10.2 Å². The molecule has 36 heavy (non-hydrogen) atoms. The largest absolute Gasteiger partial charge is 0.352 e. The Hall–Kier alpha value is -2.54. The predicted octanol–water partition coefficient (Wildman–Crippen LogP) is 6.53. The van der Waals surface area contributed by atoms with Gasteiger partial charge in [0.15, 0.2) is 0 Å². The first kappa shape index (κ1) is 28.0. The van der Waals surface area contributed by atoms with E-state index < -0.39 is 11.9 Å². The minimum atomic E-state index is -0.726. The normalized spacial score (nSPS) is 11.8. The third-order valence-electron chi connectivity index (χ3n) is 5.50. The molecule has 0 saturated heterocycles. The number of rotatable bonds is 11. The molecule has 0 aliphatic carbocycles. The summed E-state index contributed by atoms with van der Waals surface area (Å²) in [6, 6.07) is 20.5. The molecule has 8 heteroatoms. The Bertz CT molecular complexity index is 1140. The average molecular weight is 548 g/mol. The third kappa shape index (κ3) is 8.26. The number of carbonyl (C=O) groups excluding carboxylic acids is 2. The van der Waals surface area contributed by atoms with Crippen LogP contribution in [0, 0.1) is 5.82 Å². The maximum absolute atomic E-state index is 14.2. The summed E-state index contributed by atoms with van der Waals surface area (Å²) in [6.07, 6.45) is 0.364. The fourth-order valence-corrected chi connectivity index (χ4v) is 5.09. The van der Waals surface area contributed by atoms with Crippen molar-refractivity contribution in [3.05, 3.63) is 105 Å². The van der Waals surface area contributed by atoms with Crippen LogP contribution < -0.4 is 5.32 Å². The number of hydrogen-bond donors (Lipinski definition) is 1. The van der Waals surface area contributed by atoms with Crippen LogP contribution in [-0.4, -0.2) is 34.6 Å². The molecule has 3 aromatic rings. The van der Waals surface area contributed by atoms with Crippen LogP contribution in [0.25, 0.3) is 0 Å². The minimum Gasteiger partial charge on any atom is -0.352 e. The van der Waals surface area contributed by atoms with E-state index in [0.29, 0.717) is 22.0 Å². The molecule has 1 N–H and O–H groups in total. The lowest BCUT2D eigenvalue weighted by atomic mass is 10.0. The molecular weight excluding hydrogens is 518 g/mol. The van der Waals surface area contributed by atoms with Gasteiger partial charge in [-0.25, -0.2) is 4.39 Å². The topological polar surface area (TPSA) is 49.4 Å². The standard InChI is InChI=1S/C28H29Cl2FN2O2S/c1-19(2)32-28(35)26(15-20-7-4-3-5-8-20)33(16-21-11-13-22(29)14-12-21)27(34)18-36-17-23-24(30)9-6-10-25(23)31/h3-14,19,26H,15-18H2,1-2H3,(H,32,35). The molecule has 0 aliphatic heterocycles. The van der Waals surface area contributed by atoms with Gasteiger partial charge in [0.25, 0.3) is 0 Å². The molecule has 190 valence electrons. The number of carbonyl (C=O) groups is 2. The quantitative estimate of drug-likeness (QED) is 0.297. The van der Waals surface area contributed by atoms with Crippen LogP contribution in [-0.2, 0) is 28.3 Å². The molecule has 4 nitrogen and oxygen atoms in total. The molecule has 0 spiro atoms. The van der Waals surface area contributed by atoms with Crippen LogP contribution in [0.3, 0.4) is 0 Å². The minimum absolute atomic E-state index is 0.0680. The zero-order chi connectivity index (χ0) is 26.1. The second-order valence-corrected chi connectivity index (χ2v) is 10.5. The lowest BCUT2D eigenvalue weighted by Crippen LogP contribution is -2.52. The molecule has 0 saturated carbocycles. The van der Waals surface area contributed by atoms with Crippen LogP contribution in [0.4, 0.5) is 4.39 Å². The SMILES string of the molecule is CC(C)NC(=O)C(Cc1ccccc1)N(Cc1ccc(Cl)cc1)C(=O)CSCc1c(F)cccc1Cl. The number of halogens is 3. The highest BCUT2D eigenvalue weighted by Gasteiger charge is 2.30. The highest BCUT2D eigenvalue weighted by molar-refractivity contribution is 7.99. The van der Waals surface area contributed by atoms with Crippen LogP contribution in [0.2, 0.25) is 10.0 Å². The molecule has 0 heterocycles. The number of thioether (sulfide) groups is 1. The second kappa shape index (κ2) is 13.7. The molecule has 1 atom stereocenters. The summed E-state index contributed by atoms with van der Waals surface area (Å²) < 4.78 is 14.2. The van der Waals surface area contributed by atoms with Crippen LogP contribution >= 0.6 is 35.0 Å². The van der Waals surface area contributed by atoms with E-state index in [9.17, 15) is 14.0 Å². The summed E-state index contributed by atoms with van der Waals surface area (Å²) in [5.74, 6) is -0.536. The van der Waals surface area contributed by atoms with Gasteiger partial charge in [-0.1, -0.05) is 71.7 Å². The van der Waals surface area contributed by atoms with Gasteiger partial charge in [0, 0.05) is 40.4 Å². The van der Waals surface area contributed by atoms with Crippen molar-refractivity contribution < 1.29 is 14.0 Å². The Morgan fingerprint density at radius 1 is 0.944 bits per heavy atom. The summed E-state index contributed by atoms with van der Waals surface area (Å²) in [7, 11) is 0. The fraction of sp³-hybridized carbons (Fsp3) is 0.286. The second-order valence-electron chi connectivity index (χ2n) is 8.71. The molecule has 3 rings (SSSR count). The monoisotopic (exact) mass is 546 g/mol. The van der Waals surface area contributed by atoms with E-state index in [2.05, 4.69) is 5.32 Å². The van der Waals surface area contributed by atoms with Crippen molar-refractivity contribution in [2.24, 2.45) is 0 Å². The maximum Gasteiger partial charge on any atom is 0.243 e. The van der Waals surface area contributed by atoms with E-state index in [-0.39, 0.29) is 35.9 Å². The van der Waals surface area contributed by atoms with Crippen molar-refractivity contribution in [3.63, 3.8) is 0 Å². The summed E-state index contributed by atoms with van der Waals surface area (Å²) in [4.78, 5) is 28.5. The van der Waals surface area contributed by atoms with Gasteiger partial charge in [-0.3, -0.25) is 9.59 Å². The maximum atomic E-state index is 14.2. The first-order chi connectivity index (χ1) is 17.2. The van der Waals surface area contributed by atoms with E-state index in [1.165, 1.54) is 17.8 Å². The Labute approximate surface area is 226 Å². The molecule has 0 aliphatic rings. The molecule has 3 aromatic carbocycles. The number of nitrogens with zero attached hydrogens (tertiary/aromatic N) is 1. The highest BCUT2D eigenvalue weighted by atomic mass is 35.5. The first-order valence-electron chi connectivity index (χ1n) is 11.6. The Balaban J connectivity index is 1.86.